The number of imidazole rings is 2. The Morgan fingerprint density at radius 1 is 1.29 bits per heavy atom. The van der Waals surface area contributed by atoms with Crippen molar-refractivity contribution in [3.8, 4) is 11.5 Å². The molecule has 0 bridgehead atoms. The number of amides is 1. The van der Waals surface area contributed by atoms with Crippen LogP contribution in [0.4, 0.5) is 0 Å². The fourth-order valence-corrected chi connectivity index (χ4v) is 2.52. The minimum absolute atomic E-state index is 0.118. The van der Waals surface area contributed by atoms with Crippen molar-refractivity contribution in [1.82, 2.24) is 25.3 Å². The molecule has 1 fully saturated rings. The summed E-state index contributed by atoms with van der Waals surface area (Å²) in [6, 6.07) is 8.05. The molecule has 3 aromatic rings. The van der Waals surface area contributed by atoms with Crippen LogP contribution in [0.1, 0.15) is 29.8 Å². The Bertz CT molecular complexity index is 766. The van der Waals surface area contributed by atoms with Crippen molar-refractivity contribution in [2.45, 2.75) is 25.3 Å². The van der Waals surface area contributed by atoms with E-state index in [4.69, 9.17) is 0 Å². The number of aromatic nitrogens is 4. The van der Waals surface area contributed by atoms with E-state index in [1.165, 1.54) is 12.7 Å². The molecule has 2 aromatic heterocycles. The predicted octanol–water partition coefficient (Wildman–Crippen LogP) is 2.24. The highest BCUT2D eigenvalue weighted by molar-refractivity contribution is 5.98. The zero-order valence-corrected chi connectivity index (χ0v) is 11.4. The summed E-state index contributed by atoms with van der Waals surface area (Å²) in [6.45, 7) is 0. The van der Waals surface area contributed by atoms with E-state index in [9.17, 15) is 4.79 Å². The highest BCUT2D eigenvalue weighted by atomic mass is 16.2. The van der Waals surface area contributed by atoms with Gasteiger partial charge in [-0.2, -0.15) is 0 Å². The lowest BCUT2D eigenvalue weighted by Gasteiger charge is -2.26. The normalized spacial score (nSPS) is 15.0. The Hall–Kier alpha value is -2.63. The van der Waals surface area contributed by atoms with Crippen LogP contribution in [-0.2, 0) is 0 Å². The number of carbonyl (C=O) groups is 1. The van der Waals surface area contributed by atoms with Crippen molar-refractivity contribution >= 4 is 16.9 Å². The van der Waals surface area contributed by atoms with Crippen molar-refractivity contribution in [1.29, 1.82) is 0 Å². The first-order valence-corrected chi connectivity index (χ1v) is 7.10. The third-order valence-corrected chi connectivity index (χ3v) is 3.92. The summed E-state index contributed by atoms with van der Waals surface area (Å²) in [5.74, 6) is 0.490. The highest BCUT2D eigenvalue weighted by Gasteiger charge is 2.24. The molecule has 2 heterocycles. The van der Waals surface area contributed by atoms with E-state index in [1.807, 2.05) is 24.3 Å². The van der Waals surface area contributed by atoms with E-state index in [1.54, 1.807) is 0 Å². The van der Waals surface area contributed by atoms with Gasteiger partial charge in [0.1, 0.15) is 11.4 Å². The van der Waals surface area contributed by atoms with Crippen molar-refractivity contribution in [2.24, 2.45) is 0 Å². The number of nitrogens with zero attached hydrogens (tertiary/aromatic N) is 2. The summed E-state index contributed by atoms with van der Waals surface area (Å²) in [7, 11) is 0. The van der Waals surface area contributed by atoms with E-state index in [0.29, 0.717) is 23.3 Å². The van der Waals surface area contributed by atoms with Gasteiger partial charge in [0.25, 0.3) is 5.91 Å². The summed E-state index contributed by atoms with van der Waals surface area (Å²) in [5, 5.41) is 3.01. The van der Waals surface area contributed by atoms with Gasteiger partial charge in [0.15, 0.2) is 5.82 Å². The van der Waals surface area contributed by atoms with Crippen LogP contribution in [0.2, 0.25) is 0 Å². The molecule has 6 nitrogen and oxygen atoms in total. The Morgan fingerprint density at radius 3 is 2.90 bits per heavy atom. The number of H-pyrrole nitrogens is 2. The Balaban J connectivity index is 1.68. The van der Waals surface area contributed by atoms with Gasteiger partial charge in [0.2, 0.25) is 0 Å². The molecule has 1 saturated carbocycles. The molecule has 6 heteroatoms. The van der Waals surface area contributed by atoms with E-state index in [2.05, 4.69) is 25.3 Å². The van der Waals surface area contributed by atoms with Gasteiger partial charge in [0.05, 0.1) is 17.4 Å². The molecule has 0 radical (unpaired) electrons. The number of fused-ring (bicyclic) bond motifs is 1. The van der Waals surface area contributed by atoms with Gasteiger partial charge in [-0.15, -0.1) is 0 Å². The molecule has 0 unspecified atom stereocenters. The quantitative estimate of drug-likeness (QED) is 0.688. The fraction of sp³-hybridized carbons (Fsp3) is 0.267. The average Bonchev–Trinajstić information content (AvgIpc) is 3.07. The smallest absolute Gasteiger partial charge is 0.270 e. The van der Waals surface area contributed by atoms with E-state index in [0.717, 1.165) is 23.9 Å². The largest absolute Gasteiger partial charge is 0.348 e. The van der Waals surface area contributed by atoms with Gasteiger partial charge in [0, 0.05) is 6.04 Å². The van der Waals surface area contributed by atoms with Gasteiger partial charge in [-0.05, 0) is 31.4 Å². The lowest BCUT2D eigenvalue weighted by Crippen LogP contribution is -2.39. The van der Waals surface area contributed by atoms with Crippen LogP contribution in [-0.4, -0.2) is 31.9 Å². The zero-order chi connectivity index (χ0) is 14.2. The molecular formula is C15H15N5O. The van der Waals surface area contributed by atoms with E-state index >= 15 is 0 Å². The fourth-order valence-electron chi connectivity index (χ4n) is 2.52. The number of aromatic amines is 2. The number of para-hydroxylation sites is 2. The summed E-state index contributed by atoms with van der Waals surface area (Å²) in [4.78, 5) is 27.2. The minimum Gasteiger partial charge on any atom is -0.348 e. The maximum atomic E-state index is 12.3. The maximum Gasteiger partial charge on any atom is 0.270 e. The number of benzene rings is 1. The van der Waals surface area contributed by atoms with Gasteiger partial charge in [-0.1, -0.05) is 12.1 Å². The highest BCUT2D eigenvalue weighted by Crippen LogP contribution is 2.23. The molecule has 1 aliphatic rings. The zero-order valence-electron chi connectivity index (χ0n) is 11.4. The molecule has 0 atom stereocenters. The van der Waals surface area contributed by atoms with Crippen molar-refractivity contribution in [2.75, 3.05) is 0 Å². The SMILES string of the molecule is O=C(NC1CCC1)c1[nH]cnc1-c1nc2ccccc2[nH]1. The first-order valence-electron chi connectivity index (χ1n) is 7.10. The molecule has 0 aliphatic heterocycles. The summed E-state index contributed by atoms with van der Waals surface area (Å²) < 4.78 is 0. The lowest BCUT2D eigenvalue weighted by molar-refractivity contribution is 0.0913. The van der Waals surface area contributed by atoms with Crippen LogP contribution in [0.3, 0.4) is 0 Å². The summed E-state index contributed by atoms with van der Waals surface area (Å²) in [5.41, 5.74) is 2.81. The van der Waals surface area contributed by atoms with Gasteiger partial charge in [-0.25, -0.2) is 9.97 Å². The van der Waals surface area contributed by atoms with Crippen LogP contribution in [0.25, 0.3) is 22.6 Å². The Labute approximate surface area is 121 Å². The second-order valence-electron chi connectivity index (χ2n) is 5.33. The summed E-state index contributed by atoms with van der Waals surface area (Å²) in [6.07, 6.45) is 4.82. The van der Waals surface area contributed by atoms with E-state index in [-0.39, 0.29) is 5.91 Å². The van der Waals surface area contributed by atoms with Crippen molar-refractivity contribution in [3.05, 3.63) is 36.3 Å². The molecular weight excluding hydrogens is 266 g/mol. The van der Waals surface area contributed by atoms with Crippen LogP contribution in [0.15, 0.2) is 30.6 Å². The number of carbonyl (C=O) groups excluding carboxylic acids is 1. The predicted molar refractivity (Wildman–Crippen MR) is 78.8 cm³/mol. The number of hydrogen-bond acceptors (Lipinski definition) is 3. The topological polar surface area (TPSA) is 86.5 Å². The molecule has 1 amide bonds. The molecule has 0 spiro atoms. The second kappa shape index (κ2) is 4.73. The first-order chi connectivity index (χ1) is 10.3. The van der Waals surface area contributed by atoms with E-state index < -0.39 is 0 Å². The maximum absolute atomic E-state index is 12.3. The molecule has 106 valence electrons. The third kappa shape index (κ3) is 2.08. The molecule has 1 aromatic carbocycles. The molecule has 0 saturated heterocycles. The third-order valence-electron chi connectivity index (χ3n) is 3.92. The first kappa shape index (κ1) is 12.1. The van der Waals surface area contributed by atoms with Crippen LogP contribution in [0, 0.1) is 0 Å². The van der Waals surface area contributed by atoms with Crippen molar-refractivity contribution in [3.63, 3.8) is 0 Å². The standard InChI is InChI=1S/C15H15N5O/c21-15(18-9-4-3-5-9)13-12(16-8-17-13)14-19-10-6-1-2-7-11(10)20-14/h1-2,6-9H,3-5H2,(H,16,17)(H,18,21)(H,19,20). The van der Waals surface area contributed by atoms with Crippen molar-refractivity contribution < 1.29 is 4.79 Å². The van der Waals surface area contributed by atoms with Gasteiger partial charge >= 0.3 is 0 Å². The van der Waals surface area contributed by atoms with Gasteiger partial charge < -0.3 is 15.3 Å². The molecule has 1 aliphatic carbocycles. The van der Waals surface area contributed by atoms with Gasteiger partial charge in [-0.3, -0.25) is 4.79 Å². The monoisotopic (exact) mass is 281 g/mol. The van der Waals surface area contributed by atoms with Crippen LogP contribution in [0.5, 0.6) is 0 Å². The minimum atomic E-state index is -0.118. The number of hydrogen-bond donors (Lipinski definition) is 3. The van der Waals surface area contributed by atoms with Crippen LogP contribution < -0.4 is 5.32 Å². The summed E-state index contributed by atoms with van der Waals surface area (Å²) >= 11 is 0. The Morgan fingerprint density at radius 2 is 2.14 bits per heavy atom. The Kier molecular flexibility index (Phi) is 2.73. The number of nitrogens with one attached hydrogen (secondary N) is 3. The van der Waals surface area contributed by atoms with Crippen LogP contribution >= 0.6 is 0 Å². The number of rotatable bonds is 3. The lowest BCUT2D eigenvalue weighted by atomic mass is 9.93. The second-order valence-corrected chi connectivity index (χ2v) is 5.33. The average molecular weight is 281 g/mol. The molecule has 4 rings (SSSR count). The molecule has 21 heavy (non-hydrogen) atoms. The molecule has 3 N–H and O–H groups in total.